The Morgan fingerprint density at radius 3 is 2.32 bits per heavy atom. The van der Waals surface area contributed by atoms with Crippen molar-refractivity contribution in [2.75, 3.05) is 27.9 Å². The summed E-state index contributed by atoms with van der Waals surface area (Å²) >= 11 is 5.02. The van der Waals surface area contributed by atoms with Crippen molar-refractivity contribution in [1.29, 1.82) is 0 Å². The van der Waals surface area contributed by atoms with E-state index >= 15 is 0 Å². The van der Waals surface area contributed by atoms with Gasteiger partial charge in [-0.05, 0) is 25.1 Å². The first-order chi connectivity index (χ1) is 15.0. The number of rotatable bonds is 8. The van der Waals surface area contributed by atoms with Crippen LogP contribution in [0.2, 0.25) is 0 Å². The SMILES string of the molecule is C=C(C)CN=c1scc(-c2ccc(Br)cc2)n1N=Cc1cc(OC)c(OC)cc1OC. The third kappa shape index (κ3) is 5.45. The average Bonchev–Trinajstić information content (AvgIpc) is 3.18. The maximum absolute atomic E-state index is 5.52. The Hall–Kier alpha value is -2.84. The highest BCUT2D eigenvalue weighted by Crippen LogP contribution is 2.34. The summed E-state index contributed by atoms with van der Waals surface area (Å²) in [5.41, 5.74) is 3.71. The Kier molecular flexibility index (Phi) is 7.70. The molecule has 0 fully saturated rings. The lowest BCUT2D eigenvalue weighted by atomic mass is 10.2. The van der Waals surface area contributed by atoms with Crippen LogP contribution in [0.5, 0.6) is 17.2 Å². The second-order valence-corrected chi connectivity index (χ2v) is 8.44. The topological polar surface area (TPSA) is 57.3 Å². The van der Waals surface area contributed by atoms with Gasteiger partial charge >= 0.3 is 0 Å². The van der Waals surface area contributed by atoms with Crippen molar-refractivity contribution in [3.05, 3.63) is 68.8 Å². The highest BCUT2D eigenvalue weighted by Gasteiger charge is 2.12. The van der Waals surface area contributed by atoms with E-state index in [1.807, 2.05) is 47.3 Å². The first kappa shape index (κ1) is 22.8. The first-order valence-corrected chi connectivity index (χ1v) is 11.1. The molecule has 6 nitrogen and oxygen atoms in total. The van der Waals surface area contributed by atoms with Gasteiger partial charge in [-0.15, -0.1) is 11.3 Å². The van der Waals surface area contributed by atoms with E-state index in [1.54, 1.807) is 33.6 Å². The minimum atomic E-state index is 0.537. The van der Waals surface area contributed by atoms with Crippen LogP contribution in [-0.4, -0.2) is 38.8 Å². The van der Waals surface area contributed by atoms with Gasteiger partial charge in [0.15, 0.2) is 11.5 Å². The Morgan fingerprint density at radius 1 is 1.06 bits per heavy atom. The fourth-order valence-electron chi connectivity index (χ4n) is 2.81. The minimum absolute atomic E-state index is 0.537. The number of ether oxygens (including phenoxy) is 3. The Bertz CT molecular complexity index is 1160. The number of methoxy groups -OCH3 is 3. The van der Waals surface area contributed by atoms with Crippen LogP contribution >= 0.6 is 27.3 Å². The third-order valence-electron chi connectivity index (χ3n) is 4.36. The molecular formula is C23H24BrN3O3S. The molecule has 8 heteroatoms. The van der Waals surface area contributed by atoms with E-state index in [4.69, 9.17) is 19.3 Å². The number of benzene rings is 2. The van der Waals surface area contributed by atoms with Gasteiger partial charge < -0.3 is 14.2 Å². The molecule has 3 aromatic rings. The summed E-state index contributed by atoms with van der Waals surface area (Å²) < 4.78 is 19.2. The summed E-state index contributed by atoms with van der Waals surface area (Å²) in [7, 11) is 4.79. The second-order valence-electron chi connectivity index (χ2n) is 6.69. The molecule has 0 aliphatic carbocycles. The van der Waals surface area contributed by atoms with Crippen LogP contribution in [0, 0.1) is 0 Å². The van der Waals surface area contributed by atoms with Crippen LogP contribution in [0.4, 0.5) is 0 Å². The quantitative estimate of drug-likeness (QED) is 0.308. The monoisotopic (exact) mass is 501 g/mol. The summed E-state index contributed by atoms with van der Waals surface area (Å²) in [6, 6.07) is 11.7. The van der Waals surface area contributed by atoms with Gasteiger partial charge in [0.05, 0.1) is 39.8 Å². The molecule has 0 saturated heterocycles. The van der Waals surface area contributed by atoms with E-state index in [9.17, 15) is 0 Å². The van der Waals surface area contributed by atoms with Crippen LogP contribution in [0.1, 0.15) is 12.5 Å². The first-order valence-electron chi connectivity index (χ1n) is 9.42. The lowest BCUT2D eigenvalue weighted by Crippen LogP contribution is -2.13. The molecule has 0 N–H and O–H groups in total. The number of hydrogen-bond donors (Lipinski definition) is 0. The van der Waals surface area contributed by atoms with Gasteiger partial charge in [-0.25, -0.2) is 4.68 Å². The molecule has 0 unspecified atom stereocenters. The Morgan fingerprint density at radius 2 is 1.71 bits per heavy atom. The molecule has 0 amide bonds. The lowest BCUT2D eigenvalue weighted by Gasteiger charge is -2.12. The molecule has 0 radical (unpaired) electrons. The second kappa shape index (κ2) is 10.5. The molecule has 0 saturated carbocycles. The number of halogens is 1. The molecule has 0 atom stereocenters. The van der Waals surface area contributed by atoms with Gasteiger partial charge in [0.2, 0.25) is 4.80 Å². The molecule has 0 aliphatic rings. The summed E-state index contributed by atoms with van der Waals surface area (Å²) in [5.74, 6) is 1.82. The zero-order valence-corrected chi connectivity index (χ0v) is 20.3. The van der Waals surface area contributed by atoms with E-state index in [0.717, 1.165) is 31.7 Å². The van der Waals surface area contributed by atoms with Crippen molar-refractivity contribution in [2.24, 2.45) is 10.1 Å². The molecule has 1 aromatic heterocycles. The molecule has 0 spiro atoms. The van der Waals surface area contributed by atoms with E-state index in [0.29, 0.717) is 23.8 Å². The van der Waals surface area contributed by atoms with Crippen molar-refractivity contribution >= 4 is 33.5 Å². The van der Waals surface area contributed by atoms with E-state index in [1.165, 1.54) is 11.3 Å². The maximum Gasteiger partial charge on any atom is 0.206 e. The van der Waals surface area contributed by atoms with Crippen LogP contribution in [-0.2, 0) is 0 Å². The zero-order chi connectivity index (χ0) is 22.4. The van der Waals surface area contributed by atoms with E-state index in [-0.39, 0.29) is 0 Å². The molecule has 3 rings (SSSR count). The number of thiazole rings is 1. The molecule has 31 heavy (non-hydrogen) atoms. The maximum atomic E-state index is 5.52. The van der Waals surface area contributed by atoms with Gasteiger partial charge in [-0.3, -0.25) is 4.99 Å². The van der Waals surface area contributed by atoms with Crippen molar-refractivity contribution in [3.8, 4) is 28.5 Å². The molecule has 162 valence electrons. The summed E-state index contributed by atoms with van der Waals surface area (Å²) in [5, 5.41) is 6.79. The smallest absolute Gasteiger partial charge is 0.206 e. The van der Waals surface area contributed by atoms with Crippen molar-refractivity contribution < 1.29 is 14.2 Å². The van der Waals surface area contributed by atoms with Gasteiger partial charge in [-0.2, -0.15) is 5.10 Å². The number of nitrogens with zero attached hydrogens (tertiary/aromatic N) is 3. The minimum Gasteiger partial charge on any atom is -0.496 e. The molecule has 2 aromatic carbocycles. The number of hydrogen-bond acceptors (Lipinski definition) is 6. The molecule has 1 heterocycles. The lowest BCUT2D eigenvalue weighted by molar-refractivity contribution is 0.349. The van der Waals surface area contributed by atoms with Crippen molar-refractivity contribution in [2.45, 2.75) is 6.92 Å². The fraction of sp³-hybridized carbons (Fsp3) is 0.217. The van der Waals surface area contributed by atoms with Gasteiger partial charge in [0.1, 0.15) is 5.75 Å². The van der Waals surface area contributed by atoms with Crippen LogP contribution in [0.3, 0.4) is 0 Å². The Balaban J connectivity index is 2.12. The standard InChI is InChI=1S/C23H24BrN3O3S/c1-15(2)12-25-23-27(19(14-31-23)16-6-8-18(24)9-7-16)26-13-17-10-21(29-4)22(30-5)11-20(17)28-3/h6-11,13-14H,1,12H2,2-5H3. The molecule has 0 aliphatic heterocycles. The highest BCUT2D eigenvalue weighted by molar-refractivity contribution is 9.10. The van der Waals surface area contributed by atoms with Crippen molar-refractivity contribution in [3.63, 3.8) is 0 Å². The number of aromatic nitrogens is 1. The third-order valence-corrected chi connectivity index (χ3v) is 5.74. The van der Waals surface area contributed by atoms with Crippen molar-refractivity contribution in [1.82, 2.24) is 4.68 Å². The zero-order valence-electron chi connectivity index (χ0n) is 17.9. The van der Waals surface area contributed by atoms with Gasteiger partial charge in [0, 0.05) is 27.0 Å². The summed E-state index contributed by atoms with van der Waals surface area (Å²) in [4.78, 5) is 5.44. The van der Waals surface area contributed by atoms with E-state index in [2.05, 4.69) is 27.5 Å². The molecule has 0 bridgehead atoms. The fourth-order valence-corrected chi connectivity index (χ4v) is 3.92. The Labute approximate surface area is 194 Å². The molecular weight excluding hydrogens is 478 g/mol. The van der Waals surface area contributed by atoms with Gasteiger partial charge in [-0.1, -0.05) is 40.2 Å². The predicted octanol–water partition coefficient (Wildman–Crippen LogP) is 5.36. The van der Waals surface area contributed by atoms with Crippen LogP contribution < -0.4 is 19.0 Å². The largest absolute Gasteiger partial charge is 0.496 e. The predicted molar refractivity (Wildman–Crippen MR) is 130 cm³/mol. The average molecular weight is 502 g/mol. The summed E-state index contributed by atoms with van der Waals surface area (Å²) in [6.07, 6.45) is 1.73. The van der Waals surface area contributed by atoms with Crippen LogP contribution in [0.25, 0.3) is 11.3 Å². The van der Waals surface area contributed by atoms with E-state index < -0.39 is 0 Å². The van der Waals surface area contributed by atoms with Crippen LogP contribution in [0.15, 0.2) is 68.5 Å². The summed E-state index contributed by atoms with van der Waals surface area (Å²) in [6.45, 7) is 6.43. The normalized spacial score (nSPS) is 11.7. The highest BCUT2D eigenvalue weighted by atomic mass is 79.9. The van der Waals surface area contributed by atoms with Gasteiger partial charge in [0.25, 0.3) is 0 Å².